The molecule has 0 spiro atoms. The molecule has 0 aromatic carbocycles. The Balaban J connectivity index is 3.22. The lowest BCUT2D eigenvalue weighted by molar-refractivity contribution is -0.208. The highest BCUT2D eigenvalue weighted by atomic mass is 19.4. The summed E-state index contributed by atoms with van der Waals surface area (Å²) in [6.07, 6.45) is -6.72. The Kier molecular flexibility index (Phi) is 3.22. The lowest BCUT2D eigenvalue weighted by atomic mass is 10.1. The number of aliphatic hydroxyl groups excluding tert-OH is 1. The zero-order valence-electron chi connectivity index (χ0n) is 8.45. The molecule has 0 amide bonds. The molecule has 1 rings (SSSR count). The maximum absolute atomic E-state index is 12.3. The molecule has 0 saturated heterocycles. The lowest BCUT2D eigenvalue weighted by Crippen LogP contribution is -2.24. The zero-order chi connectivity index (χ0) is 12.5. The fraction of sp³-hybridized carbons (Fsp3) is 0.500. The van der Waals surface area contributed by atoms with Crippen LogP contribution in [0.2, 0.25) is 0 Å². The predicted molar refractivity (Wildman–Crippen MR) is 45.6 cm³/mol. The molecule has 0 aliphatic rings. The number of aryl methyl sites for hydroxylation is 1. The number of halogens is 3. The van der Waals surface area contributed by atoms with E-state index in [1.165, 1.54) is 7.05 Å². The van der Waals surface area contributed by atoms with Gasteiger partial charge >= 0.3 is 12.1 Å². The lowest BCUT2D eigenvalue weighted by Gasteiger charge is -2.15. The van der Waals surface area contributed by atoms with E-state index in [0.717, 1.165) is 18.0 Å². The minimum Gasteiger partial charge on any atom is -0.465 e. The molecule has 0 saturated carbocycles. The molecule has 0 aliphatic heterocycles. The Labute approximate surface area is 88.4 Å². The van der Waals surface area contributed by atoms with Gasteiger partial charge in [-0.3, -0.25) is 4.68 Å². The van der Waals surface area contributed by atoms with Gasteiger partial charge in [0.25, 0.3) is 0 Å². The van der Waals surface area contributed by atoms with E-state index in [1.54, 1.807) is 0 Å². The van der Waals surface area contributed by atoms with Crippen molar-refractivity contribution in [1.29, 1.82) is 0 Å². The third kappa shape index (κ3) is 2.16. The summed E-state index contributed by atoms with van der Waals surface area (Å²) in [5.74, 6) is -0.980. The topological polar surface area (TPSA) is 64.3 Å². The Morgan fingerprint density at radius 2 is 2.19 bits per heavy atom. The van der Waals surface area contributed by atoms with Crippen molar-refractivity contribution >= 4 is 5.97 Å². The highest BCUT2D eigenvalue weighted by molar-refractivity contribution is 5.90. The summed E-state index contributed by atoms with van der Waals surface area (Å²) in [6, 6.07) is 0. The van der Waals surface area contributed by atoms with Crippen molar-refractivity contribution < 1.29 is 27.8 Å². The molecule has 1 atom stereocenters. The first-order valence-corrected chi connectivity index (χ1v) is 4.14. The predicted octanol–water partition coefficient (Wildman–Crippen LogP) is 0.802. The maximum atomic E-state index is 12.3. The van der Waals surface area contributed by atoms with E-state index in [1.807, 2.05) is 0 Å². The van der Waals surface area contributed by atoms with Gasteiger partial charge in [-0.15, -0.1) is 0 Å². The number of aromatic nitrogens is 2. The molecule has 5 nitrogen and oxygen atoms in total. The van der Waals surface area contributed by atoms with E-state index in [2.05, 4.69) is 9.84 Å². The third-order valence-corrected chi connectivity index (χ3v) is 1.96. The fourth-order valence-corrected chi connectivity index (χ4v) is 1.19. The maximum Gasteiger partial charge on any atom is 0.420 e. The van der Waals surface area contributed by atoms with E-state index < -0.39 is 29.5 Å². The van der Waals surface area contributed by atoms with Gasteiger partial charge < -0.3 is 9.84 Å². The van der Waals surface area contributed by atoms with Crippen LogP contribution >= 0.6 is 0 Å². The van der Waals surface area contributed by atoms with Gasteiger partial charge in [0.05, 0.1) is 19.0 Å². The Bertz CT molecular complexity index is 400. The monoisotopic (exact) mass is 238 g/mol. The molecule has 0 fully saturated rings. The van der Waals surface area contributed by atoms with Gasteiger partial charge in [-0.2, -0.15) is 18.3 Å². The van der Waals surface area contributed by atoms with Gasteiger partial charge in [0.1, 0.15) is 5.56 Å². The molecule has 1 heterocycles. The largest absolute Gasteiger partial charge is 0.465 e. The van der Waals surface area contributed by atoms with Crippen molar-refractivity contribution in [3.63, 3.8) is 0 Å². The highest BCUT2D eigenvalue weighted by Gasteiger charge is 2.43. The van der Waals surface area contributed by atoms with Crippen LogP contribution in [0.5, 0.6) is 0 Å². The minimum absolute atomic E-state index is 0.408. The Morgan fingerprint density at radius 3 is 2.62 bits per heavy atom. The highest BCUT2D eigenvalue weighted by Crippen LogP contribution is 2.33. The molecule has 0 bridgehead atoms. The van der Waals surface area contributed by atoms with Crippen LogP contribution in [0.25, 0.3) is 0 Å². The average Bonchev–Trinajstić information content (AvgIpc) is 2.56. The van der Waals surface area contributed by atoms with Crippen molar-refractivity contribution in [1.82, 2.24) is 9.78 Å². The zero-order valence-corrected chi connectivity index (χ0v) is 8.45. The van der Waals surface area contributed by atoms with Crippen LogP contribution < -0.4 is 0 Å². The van der Waals surface area contributed by atoms with E-state index in [-0.39, 0.29) is 0 Å². The van der Waals surface area contributed by atoms with Crippen LogP contribution in [-0.4, -0.2) is 34.1 Å². The number of aliphatic hydroxyl groups is 1. The second-order valence-corrected chi connectivity index (χ2v) is 3.00. The second kappa shape index (κ2) is 4.12. The van der Waals surface area contributed by atoms with Crippen molar-refractivity contribution in [3.05, 3.63) is 17.5 Å². The number of nitrogens with zero attached hydrogens (tertiary/aromatic N) is 2. The average molecular weight is 238 g/mol. The molecule has 1 aromatic rings. The Hall–Kier alpha value is -1.57. The Morgan fingerprint density at radius 1 is 1.62 bits per heavy atom. The summed E-state index contributed by atoms with van der Waals surface area (Å²) < 4.78 is 42.0. The number of carbonyl (C=O) groups is 1. The summed E-state index contributed by atoms with van der Waals surface area (Å²) in [5, 5.41) is 12.5. The molecule has 90 valence electrons. The quantitative estimate of drug-likeness (QED) is 0.774. The summed E-state index contributed by atoms with van der Waals surface area (Å²) in [5.41, 5.74) is -1.05. The number of alkyl halides is 3. The molecule has 1 N–H and O–H groups in total. The van der Waals surface area contributed by atoms with Crippen LogP contribution in [0.3, 0.4) is 0 Å². The first-order chi connectivity index (χ1) is 7.29. The van der Waals surface area contributed by atoms with Gasteiger partial charge in [-0.05, 0) is 0 Å². The van der Waals surface area contributed by atoms with E-state index >= 15 is 0 Å². The van der Waals surface area contributed by atoms with Crippen LogP contribution in [0, 0.1) is 0 Å². The smallest absolute Gasteiger partial charge is 0.420 e. The third-order valence-electron chi connectivity index (χ3n) is 1.96. The van der Waals surface area contributed by atoms with E-state index in [0.29, 0.717) is 0 Å². The number of carbonyl (C=O) groups excluding carboxylic acids is 1. The molecular weight excluding hydrogens is 229 g/mol. The van der Waals surface area contributed by atoms with E-state index in [9.17, 15) is 18.0 Å². The van der Waals surface area contributed by atoms with Crippen LogP contribution in [0.1, 0.15) is 22.2 Å². The number of hydrogen-bond donors (Lipinski definition) is 1. The van der Waals surface area contributed by atoms with Gasteiger partial charge in [0.2, 0.25) is 0 Å². The number of esters is 1. The molecule has 0 aliphatic carbocycles. The van der Waals surface area contributed by atoms with Crippen LogP contribution in [-0.2, 0) is 11.8 Å². The normalized spacial score (nSPS) is 13.6. The van der Waals surface area contributed by atoms with Gasteiger partial charge in [-0.25, -0.2) is 4.79 Å². The first-order valence-electron chi connectivity index (χ1n) is 4.14. The molecule has 1 aromatic heterocycles. The van der Waals surface area contributed by atoms with Gasteiger partial charge in [0.15, 0.2) is 6.10 Å². The van der Waals surface area contributed by atoms with Crippen LogP contribution in [0.4, 0.5) is 13.2 Å². The fourth-order valence-electron chi connectivity index (χ4n) is 1.19. The van der Waals surface area contributed by atoms with Crippen LogP contribution in [0.15, 0.2) is 6.20 Å². The number of hydrogen-bond acceptors (Lipinski definition) is 4. The number of rotatable bonds is 2. The van der Waals surface area contributed by atoms with Gasteiger partial charge in [-0.1, -0.05) is 0 Å². The first kappa shape index (κ1) is 12.5. The number of ether oxygens (including phenoxy) is 1. The standard InChI is InChI=1S/C8H9F3N2O3/c1-13-5(6(14)8(9,10)11)4(3-12-13)7(15)16-2/h3,6,14H,1-2H3/t6-/m1/s1. The minimum atomic E-state index is -4.86. The number of methoxy groups -OCH3 is 1. The molecule has 8 heteroatoms. The molecule has 0 radical (unpaired) electrons. The van der Waals surface area contributed by atoms with Crippen molar-refractivity contribution in [2.75, 3.05) is 7.11 Å². The SMILES string of the molecule is COC(=O)c1cnn(C)c1[C@@H](O)C(F)(F)F. The summed E-state index contributed by atoms with van der Waals surface area (Å²) in [7, 11) is 2.22. The summed E-state index contributed by atoms with van der Waals surface area (Å²) in [4.78, 5) is 11.1. The molecule has 16 heavy (non-hydrogen) atoms. The summed E-state index contributed by atoms with van der Waals surface area (Å²) >= 11 is 0. The second-order valence-electron chi connectivity index (χ2n) is 3.00. The van der Waals surface area contributed by atoms with Crippen molar-refractivity contribution in [3.8, 4) is 0 Å². The molecular formula is C8H9F3N2O3. The van der Waals surface area contributed by atoms with E-state index in [4.69, 9.17) is 5.11 Å². The van der Waals surface area contributed by atoms with Crippen molar-refractivity contribution in [2.45, 2.75) is 12.3 Å². The van der Waals surface area contributed by atoms with Crippen molar-refractivity contribution in [2.24, 2.45) is 7.05 Å². The molecule has 0 unspecified atom stereocenters. The summed E-state index contributed by atoms with van der Waals surface area (Å²) in [6.45, 7) is 0. The van der Waals surface area contributed by atoms with Gasteiger partial charge in [0, 0.05) is 7.05 Å².